The average Bonchev–Trinajstić information content (AvgIpc) is 2.67. The highest BCUT2D eigenvalue weighted by molar-refractivity contribution is 6.42. The highest BCUT2D eigenvalue weighted by atomic mass is 35.5. The van der Waals surface area contributed by atoms with Crippen molar-refractivity contribution in [2.24, 2.45) is 0 Å². The van der Waals surface area contributed by atoms with Crippen LogP contribution in [-0.4, -0.2) is 38.0 Å². The Morgan fingerprint density at radius 3 is 2.33 bits per heavy atom. The third kappa shape index (κ3) is 6.47. The molecule has 2 aromatic carbocycles. The van der Waals surface area contributed by atoms with Crippen LogP contribution in [0, 0.1) is 0 Å². The van der Waals surface area contributed by atoms with E-state index in [4.69, 9.17) is 32.7 Å². The molecule has 0 aliphatic heterocycles. The van der Waals surface area contributed by atoms with Crippen LogP contribution in [0.4, 0.5) is 5.69 Å². The van der Waals surface area contributed by atoms with Gasteiger partial charge in [-0.25, -0.2) is 0 Å². The first-order valence-corrected chi connectivity index (χ1v) is 8.47. The maximum Gasteiger partial charge on any atom is 0.325 e. The number of anilines is 1. The first-order valence-electron chi connectivity index (χ1n) is 7.72. The van der Waals surface area contributed by atoms with Gasteiger partial charge in [0.25, 0.3) is 11.8 Å². The van der Waals surface area contributed by atoms with E-state index in [1.165, 1.54) is 25.3 Å². The Morgan fingerprint density at radius 1 is 1.00 bits per heavy atom. The summed E-state index contributed by atoms with van der Waals surface area (Å²) in [5.41, 5.74) is 0.777. The molecule has 0 saturated heterocycles. The number of esters is 1. The number of halogens is 2. The SMILES string of the molecule is COc1ccc(NC(=O)COC(=O)CNC(=O)c2ccc(Cl)c(Cl)c2)cc1. The fraction of sp³-hybridized carbons (Fsp3) is 0.167. The molecule has 0 unspecified atom stereocenters. The molecular formula is C18H16Cl2N2O5. The van der Waals surface area contributed by atoms with Crippen LogP contribution in [0.2, 0.25) is 10.0 Å². The summed E-state index contributed by atoms with van der Waals surface area (Å²) in [5, 5.41) is 5.47. The van der Waals surface area contributed by atoms with E-state index in [9.17, 15) is 14.4 Å². The van der Waals surface area contributed by atoms with Gasteiger partial charge in [0.1, 0.15) is 12.3 Å². The van der Waals surface area contributed by atoms with E-state index in [-0.39, 0.29) is 10.6 Å². The van der Waals surface area contributed by atoms with Gasteiger partial charge >= 0.3 is 5.97 Å². The molecule has 0 heterocycles. The van der Waals surface area contributed by atoms with Crippen molar-refractivity contribution in [1.29, 1.82) is 0 Å². The number of rotatable bonds is 7. The Hall–Kier alpha value is -2.77. The van der Waals surface area contributed by atoms with E-state index in [0.29, 0.717) is 16.5 Å². The zero-order chi connectivity index (χ0) is 19.8. The van der Waals surface area contributed by atoms with E-state index in [2.05, 4.69) is 10.6 Å². The quantitative estimate of drug-likeness (QED) is 0.684. The summed E-state index contributed by atoms with van der Waals surface area (Å²) in [5.74, 6) is -1.14. The maximum absolute atomic E-state index is 11.9. The number of amides is 2. The van der Waals surface area contributed by atoms with Crippen molar-refractivity contribution in [3.8, 4) is 5.75 Å². The molecule has 7 nitrogen and oxygen atoms in total. The second-order valence-corrected chi connectivity index (χ2v) is 6.06. The Labute approximate surface area is 165 Å². The predicted octanol–water partition coefficient (Wildman–Crippen LogP) is 2.91. The van der Waals surface area contributed by atoms with Crippen LogP contribution in [-0.2, 0) is 14.3 Å². The molecule has 2 amide bonds. The lowest BCUT2D eigenvalue weighted by molar-refractivity contribution is -0.146. The van der Waals surface area contributed by atoms with Crippen molar-refractivity contribution in [2.75, 3.05) is 25.6 Å². The summed E-state index contributed by atoms with van der Waals surface area (Å²) < 4.78 is 9.83. The second kappa shape index (κ2) is 9.80. The molecule has 2 rings (SSSR count). The monoisotopic (exact) mass is 410 g/mol. The molecule has 9 heteroatoms. The number of carbonyl (C=O) groups excluding carboxylic acids is 3. The first-order chi connectivity index (χ1) is 12.9. The molecule has 27 heavy (non-hydrogen) atoms. The van der Waals surface area contributed by atoms with Gasteiger partial charge in [-0.15, -0.1) is 0 Å². The Bertz CT molecular complexity index is 840. The number of carbonyl (C=O) groups is 3. The Balaban J connectivity index is 1.74. The smallest absolute Gasteiger partial charge is 0.325 e. The van der Waals surface area contributed by atoms with Crippen LogP contribution in [0.1, 0.15) is 10.4 Å². The molecule has 0 aliphatic carbocycles. The van der Waals surface area contributed by atoms with Crippen molar-refractivity contribution in [3.63, 3.8) is 0 Å². The lowest BCUT2D eigenvalue weighted by Gasteiger charge is -2.08. The molecule has 0 atom stereocenters. The standard InChI is InChI=1S/C18H16Cl2N2O5/c1-26-13-5-3-12(4-6-13)22-16(23)10-27-17(24)9-21-18(25)11-2-7-14(19)15(20)8-11/h2-8H,9-10H2,1H3,(H,21,25)(H,22,23). The van der Waals surface area contributed by atoms with Crippen molar-refractivity contribution in [1.82, 2.24) is 5.32 Å². The minimum Gasteiger partial charge on any atom is -0.497 e. The largest absolute Gasteiger partial charge is 0.497 e. The summed E-state index contributed by atoms with van der Waals surface area (Å²) in [7, 11) is 1.54. The third-order valence-electron chi connectivity index (χ3n) is 3.31. The number of hydrogen-bond acceptors (Lipinski definition) is 5. The van der Waals surface area contributed by atoms with Crippen molar-refractivity contribution in [2.45, 2.75) is 0 Å². The number of nitrogens with one attached hydrogen (secondary N) is 2. The topological polar surface area (TPSA) is 93.7 Å². The van der Waals surface area contributed by atoms with E-state index in [0.717, 1.165) is 0 Å². The van der Waals surface area contributed by atoms with Crippen LogP contribution in [0.15, 0.2) is 42.5 Å². The molecule has 0 fully saturated rings. The Kier molecular flexibility index (Phi) is 7.45. The summed E-state index contributed by atoms with van der Waals surface area (Å²) >= 11 is 11.6. The van der Waals surface area contributed by atoms with Crippen LogP contribution in [0.3, 0.4) is 0 Å². The number of benzene rings is 2. The fourth-order valence-corrected chi connectivity index (χ4v) is 2.26. The first kappa shape index (κ1) is 20.5. The van der Waals surface area contributed by atoms with Crippen molar-refractivity contribution in [3.05, 3.63) is 58.1 Å². The Morgan fingerprint density at radius 2 is 1.70 bits per heavy atom. The average molecular weight is 411 g/mol. The van der Waals surface area contributed by atoms with E-state index in [1.54, 1.807) is 24.3 Å². The van der Waals surface area contributed by atoms with Crippen molar-refractivity contribution < 1.29 is 23.9 Å². The lowest BCUT2D eigenvalue weighted by Crippen LogP contribution is -2.32. The number of hydrogen-bond donors (Lipinski definition) is 2. The zero-order valence-corrected chi connectivity index (χ0v) is 15.8. The summed E-state index contributed by atoms with van der Waals surface area (Å²) in [6, 6.07) is 11.0. The van der Waals surface area contributed by atoms with Crippen LogP contribution in [0.5, 0.6) is 5.75 Å². The summed E-state index contributed by atoms with van der Waals surface area (Å²) in [4.78, 5) is 35.4. The number of methoxy groups -OCH3 is 1. The summed E-state index contributed by atoms with van der Waals surface area (Å²) in [6.07, 6.45) is 0. The van der Waals surface area contributed by atoms with Gasteiger partial charge in [-0.3, -0.25) is 14.4 Å². The molecule has 2 aromatic rings. The summed E-state index contributed by atoms with van der Waals surface area (Å²) in [6.45, 7) is -0.873. The molecule has 0 spiro atoms. The molecule has 0 aromatic heterocycles. The molecule has 0 aliphatic rings. The normalized spacial score (nSPS) is 10.0. The van der Waals surface area contributed by atoms with Gasteiger partial charge in [0.05, 0.1) is 17.2 Å². The van der Waals surface area contributed by atoms with Gasteiger partial charge < -0.3 is 20.1 Å². The van der Waals surface area contributed by atoms with Gasteiger partial charge in [-0.1, -0.05) is 23.2 Å². The zero-order valence-electron chi connectivity index (χ0n) is 14.3. The molecule has 0 radical (unpaired) electrons. The van der Waals surface area contributed by atoms with Crippen LogP contribution >= 0.6 is 23.2 Å². The molecule has 0 bridgehead atoms. The van der Waals surface area contributed by atoms with Crippen molar-refractivity contribution >= 4 is 46.7 Å². The molecule has 0 saturated carbocycles. The van der Waals surface area contributed by atoms with E-state index in [1.807, 2.05) is 0 Å². The van der Waals surface area contributed by atoms with Gasteiger partial charge in [0.2, 0.25) is 0 Å². The van der Waals surface area contributed by atoms with Crippen LogP contribution < -0.4 is 15.4 Å². The number of ether oxygens (including phenoxy) is 2. The molecule has 2 N–H and O–H groups in total. The highest BCUT2D eigenvalue weighted by Crippen LogP contribution is 2.22. The van der Waals surface area contributed by atoms with Gasteiger partial charge in [0, 0.05) is 11.3 Å². The lowest BCUT2D eigenvalue weighted by atomic mass is 10.2. The minimum atomic E-state index is -0.756. The van der Waals surface area contributed by atoms with Gasteiger partial charge in [0.15, 0.2) is 6.61 Å². The van der Waals surface area contributed by atoms with E-state index < -0.39 is 30.9 Å². The molecular weight excluding hydrogens is 395 g/mol. The molecule has 142 valence electrons. The van der Waals surface area contributed by atoms with Gasteiger partial charge in [-0.05, 0) is 42.5 Å². The highest BCUT2D eigenvalue weighted by Gasteiger charge is 2.12. The van der Waals surface area contributed by atoms with E-state index >= 15 is 0 Å². The minimum absolute atomic E-state index is 0.224. The maximum atomic E-state index is 11.9. The fourth-order valence-electron chi connectivity index (χ4n) is 1.96. The third-order valence-corrected chi connectivity index (χ3v) is 4.05. The van der Waals surface area contributed by atoms with Crippen LogP contribution in [0.25, 0.3) is 0 Å². The van der Waals surface area contributed by atoms with Gasteiger partial charge in [-0.2, -0.15) is 0 Å². The predicted molar refractivity (Wildman–Crippen MR) is 101 cm³/mol. The second-order valence-electron chi connectivity index (χ2n) is 5.25.